The van der Waals surface area contributed by atoms with E-state index in [1.165, 1.54) is 19.2 Å². The molecule has 8 nitrogen and oxygen atoms in total. The molecule has 9 heteroatoms. The van der Waals surface area contributed by atoms with Gasteiger partial charge in [0.25, 0.3) is 5.91 Å². The van der Waals surface area contributed by atoms with E-state index in [2.05, 4.69) is 19.6 Å². The van der Waals surface area contributed by atoms with Gasteiger partial charge in [-0.1, -0.05) is 30.3 Å². The van der Waals surface area contributed by atoms with Crippen LogP contribution in [0.2, 0.25) is 0 Å². The molecule has 1 fully saturated rings. The van der Waals surface area contributed by atoms with Crippen LogP contribution in [-0.4, -0.2) is 62.4 Å². The molecular weight excluding hydrogens is 414 g/mol. The first-order valence-corrected chi connectivity index (χ1v) is 11.4. The highest BCUT2D eigenvalue weighted by Crippen LogP contribution is 2.20. The highest BCUT2D eigenvalue weighted by atomic mass is 32.2. The summed E-state index contributed by atoms with van der Waals surface area (Å²) in [6, 6.07) is 17.7. The highest BCUT2D eigenvalue weighted by molar-refractivity contribution is 7.89. The first-order chi connectivity index (χ1) is 15.0. The Hall–Kier alpha value is -3.30. The molecule has 4 rings (SSSR count). The largest absolute Gasteiger partial charge is 0.353 e. The summed E-state index contributed by atoms with van der Waals surface area (Å²) in [6.07, 6.45) is 1.75. The van der Waals surface area contributed by atoms with Gasteiger partial charge in [0.15, 0.2) is 5.82 Å². The second-order valence-electron chi connectivity index (χ2n) is 7.12. The van der Waals surface area contributed by atoms with Crippen LogP contribution in [0, 0.1) is 0 Å². The number of piperazine rings is 1. The van der Waals surface area contributed by atoms with Crippen LogP contribution in [-0.2, 0) is 10.0 Å². The van der Waals surface area contributed by atoms with Crippen molar-refractivity contribution in [2.45, 2.75) is 4.90 Å². The summed E-state index contributed by atoms with van der Waals surface area (Å²) in [5.74, 6) is 1.40. The molecule has 1 N–H and O–H groups in total. The van der Waals surface area contributed by atoms with Crippen molar-refractivity contribution in [3.05, 3.63) is 72.4 Å². The second-order valence-corrected chi connectivity index (χ2v) is 9.00. The lowest BCUT2D eigenvalue weighted by atomic mass is 10.2. The number of hydrogen-bond acceptors (Lipinski definition) is 6. The van der Waals surface area contributed by atoms with E-state index in [-0.39, 0.29) is 10.8 Å². The van der Waals surface area contributed by atoms with Gasteiger partial charge in [-0.3, -0.25) is 4.79 Å². The van der Waals surface area contributed by atoms with Crippen molar-refractivity contribution >= 4 is 21.7 Å². The standard InChI is InChI=1S/C22H23N5O3S/c1-23-31(29,30)19-9-7-18(8-10-19)22(28)27-15-13-26(14-16-27)20-11-12-24-21(25-20)17-5-3-2-4-6-17/h2-12,23H,13-16H2,1H3. The zero-order valence-electron chi connectivity index (χ0n) is 17.1. The zero-order chi connectivity index (χ0) is 21.8. The SMILES string of the molecule is CNS(=O)(=O)c1ccc(C(=O)N2CCN(c3ccnc(-c4ccccc4)n3)CC2)cc1. The van der Waals surface area contributed by atoms with Crippen LogP contribution in [0.15, 0.2) is 71.8 Å². The summed E-state index contributed by atoms with van der Waals surface area (Å²) in [6.45, 7) is 2.42. The summed E-state index contributed by atoms with van der Waals surface area (Å²) in [7, 11) is -2.17. The number of amides is 1. The average molecular weight is 438 g/mol. The van der Waals surface area contributed by atoms with Gasteiger partial charge >= 0.3 is 0 Å². The molecule has 160 valence electrons. The van der Waals surface area contributed by atoms with Crippen LogP contribution < -0.4 is 9.62 Å². The second kappa shape index (κ2) is 8.83. The molecule has 2 aromatic carbocycles. The molecule has 31 heavy (non-hydrogen) atoms. The van der Waals surface area contributed by atoms with Crippen LogP contribution >= 0.6 is 0 Å². The lowest BCUT2D eigenvalue weighted by Gasteiger charge is -2.35. The van der Waals surface area contributed by atoms with Crippen molar-refractivity contribution in [1.82, 2.24) is 19.6 Å². The third-order valence-electron chi connectivity index (χ3n) is 5.24. The molecule has 3 aromatic rings. The van der Waals surface area contributed by atoms with E-state index in [0.29, 0.717) is 37.6 Å². The molecule has 1 amide bonds. The number of nitrogens with one attached hydrogen (secondary N) is 1. The van der Waals surface area contributed by atoms with Crippen LogP contribution in [0.3, 0.4) is 0 Å². The maximum absolute atomic E-state index is 12.8. The summed E-state index contributed by atoms with van der Waals surface area (Å²) in [4.78, 5) is 25.9. The number of sulfonamides is 1. The van der Waals surface area contributed by atoms with Crippen molar-refractivity contribution in [2.24, 2.45) is 0 Å². The minimum atomic E-state index is -3.52. The Morgan fingerprint density at radius 1 is 0.935 bits per heavy atom. The molecule has 1 saturated heterocycles. The van der Waals surface area contributed by atoms with Crippen LogP contribution in [0.4, 0.5) is 5.82 Å². The predicted molar refractivity (Wildman–Crippen MR) is 118 cm³/mol. The Morgan fingerprint density at radius 3 is 2.26 bits per heavy atom. The normalized spacial score (nSPS) is 14.5. The minimum Gasteiger partial charge on any atom is -0.353 e. The molecular formula is C22H23N5O3S. The third kappa shape index (κ3) is 4.57. The van der Waals surface area contributed by atoms with Gasteiger partial charge in [0.2, 0.25) is 10.0 Å². The van der Waals surface area contributed by atoms with Crippen LogP contribution in [0.25, 0.3) is 11.4 Å². The van der Waals surface area contributed by atoms with Crippen LogP contribution in [0.1, 0.15) is 10.4 Å². The number of benzene rings is 2. The van der Waals surface area contributed by atoms with E-state index < -0.39 is 10.0 Å². The smallest absolute Gasteiger partial charge is 0.253 e. The molecule has 0 saturated carbocycles. The Balaban J connectivity index is 1.41. The Bertz CT molecular complexity index is 1160. The minimum absolute atomic E-state index is 0.110. The number of rotatable bonds is 5. The number of carbonyl (C=O) groups is 1. The van der Waals surface area contributed by atoms with E-state index >= 15 is 0 Å². The molecule has 1 aromatic heterocycles. The first-order valence-electron chi connectivity index (χ1n) is 9.94. The summed E-state index contributed by atoms with van der Waals surface area (Å²) < 4.78 is 26.0. The Labute approximate surface area is 181 Å². The van der Waals surface area contributed by atoms with Gasteiger partial charge in [-0.2, -0.15) is 0 Å². The van der Waals surface area contributed by atoms with E-state index in [9.17, 15) is 13.2 Å². The number of aromatic nitrogens is 2. The highest BCUT2D eigenvalue weighted by Gasteiger charge is 2.23. The zero-order valence-corrected chi connectivity index (χ0v) is 17.9. The number of nitrogens with zero attached hydrogens (tertiary/aromatic N) is 4. The number of anilines is 1. The van der Waals surface area contributed by atoms with Crippen molar-refractivity contribution < 1.29 is 13.2 Å². The monoisotopic (exact) mass is 437 g/mol. The molecule has 1 aliphatic heterocycles. The first kappa shape index (κ1) is 21.0. The summed E-state index contributed by atoms with van der Waals surface area (Å²) >= 11 is 0. The molecule has 2 heterocycles. The van der Waals surface area contributed by atoms with Gasteiger partial charge in [-0.05, 0) is 37.4 Å². The topological polar surface area (TPSA) is 95.5 Å². The fraction of sp³-hybridized carbons (Fsp3) is 0.227. The van der Waals surface area contributed by atoms with Gasteiger partial charge in [0, 0.05) is 43.5 Å². The van der Waals surface area contributed by atoms with Crippen molar-refractivity contribution in [3.63, 3.8) is 0 Å². The lowest BCUT2D eigenvalue weighted by Crippen LogP contribution is -2.49. The molecule has 0 aliphatic carbocycles. The quantitative estimate of drug-likeness (QED) is 0.656. The maximum atomic E-state index is 12.8. The van der Waals surface area contributed by atoms with Crippen molar-refractivity contribution in [3.8, 4) is 11.4 Å². The van der Waals surface area contributed by atoms with E-state index in [4.69, 9.17) is 0 Å². The van der Waals surface area contributed by atoms with Crippen molar-refractivity contribution in [1.29, 1.82) is 0 Å². The Kier molecular flexibility index (Phi) is 5.97. The van der Waals surface area contributed by atoms with Gasteiger partial charge in [0.1, 0.15) is 5.82 Å². The maximum Gasteiger partial charge on any atom is 0.253 e. The molecule has 0 bridgehead atoms. The lowest BCUT2D eigenvalue weighted by molar-refractivity contribution is 0.0746. The predicted octanol–water partition coefficient (Wildman–Crippen LogP) is 2.01. The van der Waals surface area contributed by atoms with Gasteiger partial charge in [0.05, 0.1) is 4.90 Å². The molecule has 0 radical (unpaired) electrons. The van der Waals surface area contributed by atoms with E-state index in [1.54, 1.807) is 23.2 Å². The molecule has 1 aliphatic rings. The summed E-state index contributed by atoms with van der Waals surface area (Å²) in [5.41, 5.74) is 1.43. The number of carbonyl (C=O) groups excluding carboxylic acids is 1. The Morgan fingerprint density at radius 2 is 1.61 bits per heavy atom. The van der Waals surface area contributed by atoms with E-state index in [0.717, 1.165) is 11.4 Å². The van der Waals surface area contributed by atoms with Crippen molar-refractivity contribution in [2.75, 3.05) is 38.1 Å². The fourth-order valence-corrected chi connectivity index (χ4v) is 4.20. The molecule has 0 atom stereocenters. The van der Waals surface area contributed by atoms with E-state index in [1.807, 2.05) is 36.4 Å². The average Bonchev–Trinajstić information content (AvgIpc) is 2.84. The third-order valence-corrected chi connectivity index (χ3v) is 6.67. The van der Waals surface area contributed by atoms with Crippen LogP contribution in [0.5, 0.6) is 0 Å². The fourth-order valence-electron chi connectivity index (χ4n) is 3.47. The van der Waals surface area contributed by atoms with Gasteiger partial charge in [-0.15, -0.1) is 0 Å². The van der Waals surface area contributed by atoms with Gasteiger partial charge in [-0.25, -0.2) is 23.1 Å². The molecule has 0 spiro atoms. The van der Waals surface area contributed by atoms with Gasteiger partial charge < -0.3 is 9.80 Å². The number of hydrogen-bond donors (Lipinski definition) is 1. The summed E-state index contributed by atoms with van der Waals surface area (Å²) in [5, 5.41) is 0. The molecule has 0 unspecified atom stereocenters.